The molecule has 0 amide bonds. The average molecular weight is 952 g/mol. The van der Waals surface area contributed by atoms with Crippen molar-refractivity contribution in [2.24, 2.45) is 11.8 Å². The summed E-state index contributed by atoms with van der Waals surface area (Å²) in [5, 5.41) is 1.90. The molecule has 5 heterocycles. The average Bonchev–Trinajstić information content (AvgIpc) is 3.55. The molecule has 0 bridgehead atoms. The summed E-state index contributed by atoms with van der Waals surface area (Å²) in [6, 6.07) is 34.3. The van der Waals surface area contributed by atoms with E-state index in [9.17, 15) is 0 Å². The molecule has 2 aromatic carbocycles. The fourth-order valence-corrected chi connectivity index (χ4v) is 11.0. The van der Waals surface area contributed by atoms with Crippen LogP contribution in [0.1, 0.15) is 69.9 Å². The van der Waals surface area contributed by atoms with E-state index in [1.54, 1.807) is 4.40 Å². The van der Waals surface area contributed by atoms with Gasteiger partial charge in [0.25, 0.3) is 0 Å². The molecule has 8 rings (SSSR count). The quantitative estimate of drug-likeness (QED) is 0.112. The van der Waals surface area contributed by atoms with Gasteiger partial charge in [0.05, 0.1) is 5.69 Å². The number of benzene rings is 2. The molecule has 0 spiro atoms. The second-order valence-electron chi connectivity index (χ2n) is 16.0. The fourth-order valence-electron chi connectivity index (χ4n) is 7.66. The van der Waals surface area contributed by atoms with Crippen LogP contribution in [0.5, 0.6) is 0 Å². The maximum absolute atomic E-state index is 5.97. The third kappa shape index (κ3) is 9.27. The molecule has 1 atom stereocenters. The van der Waals surface area contributed by atoms with Crippen LogP contribution in [-0.4, -0.2) is 33.2 Å². The summed E-state index contributed by atoms with van der Waals surface area (Å²) >= 11 is -1.86. The maximum atomic E-state index is 5.97. The van der Waals surface area contributed by atoms with Gasteiger partial charge in [-0.2, -0.15) is 0 Å². The Kier molecular flexibility index (Phi) is 13.0. The first-order valence-corrected chi connectivity index (χ1v) is 26.6. The van der Waals surface area contributed by atoms with Crippen LogP contribution in [0, 0.1) is 24.1 Å². The van der Waals surface area contributed by atoms with Crippen molar-refractivity contribution in [2.75, 3.05) is 0 Å². The number of furan rings is 1. The van der Waals surface area contributed by atoms with E-state index in [-0.39, 0.29) is 20.1 Å². The molecule has 0 N–H and O–H groups in total. The zero-order valence-corrected chi connectivity index (χ0v) is 36.8. The Hall–Kier alpha value is -3.97. The van der Waals surface area contributed by atoms with E-state index in [2.05, 4.69) is 103 Å². The van der Waals surface area contributed by atoms with Crippen molar-refractivity contribution in [3.8, 4) is 33.8 Å². The van der Waals surface area contributed by atoms with Crippen molar-refractivity contribution in [3.05, 3.63) is 127 Å². The Labute approximate surface area is 337 Å². The van der Waals surface area contributed by atoms with Gasteiger partial charge >= 0.3 is 126 Å². The molecular weight excluding hydrogens is 901 g/mol. The number of hydrogen-bond acceptors (Lipinski definition) is 5. The molecule has 1 fully saturated rings. The molecule has 1 saturated carbocycles. The van der Waals surface area contributed by atoms with Gasteiger partial charge in [0.15, 0.2) is 0 Å². The van der Waals surface area contributed by atoms with Gasteiger partial charge in [-0.05, 0) is 60.2 Å². The van der Waals surface area contributed by atoms with E-state index in [1.165, 1.54) is 43.2 Å². The van der Waals surface area contributed by atoms with Crippen LogP contribution in [0.15, 0.2) is 108 Å². The SMILES string of the molecule is CC(C)Cc1cc(-c2[c-]cccc2)nc[c]1[Ge]([CH3])([CH3])[CH3].CC(c1ccnc(-c2[c-]nc3oc4nc(-c5ccccc5)ccc4c3c2)c1)C1CCCCC1.[Ir]. The van der Waals surface area contributed by atoms with Crippen LogP contribution in [0.2, 0.25) is 17.3 Å². The Morgan fingerprint density at radius 3 is 2.24 bits per heavy atom. The third-order valence-electron chi connectivity index (χ3n) is 10.6. The summed E-state index contributed by atoms with van der Waals surface area (Å²) in [7, 11) is 0. The Morgan fingerprint density at radius 2 is 1.52 bits per heavy atom. The summed E-state index contributed by atoms with van der Waals surface area (Å²) in [5.74, 6) is 9.30. The molecule has 7 heteroatoms. The number of aromatic nitrogens is 4. The van der Waals surface area contributed by atoms with Crippen molar-refractivity contribution in [3.63, 3.8) is 0 Å². The zero-order chi connectivity index (χ0) is 37.0. The minimum absolute atomic E-state index is 0. The van der Waals surface area contributed by atoms with E-state index in [0.717, 1.165) is 56.9 Å². The number of hydrogen-bond donors (Lipinski definition) is 0. The summed E-state index contributed by atoms with van der Waals surface area (Å²) in [5.41, 5.74) is 9.88. The molecule has 7 aromatic rings. The minimum atomic E-state index is -1.86. The second kappa shape index (κ2) is 17.7. The third-order valence-corrected chi connectivity index (χ3v) is 14.9. The molecule has 1 radical (unpaired) electrons. The second-order valence-corrected chi connectivity index (χ2v) is 26.6. The minimum Gasteiger partial charge on any atom is -0.467 e. The van der Waals surface area contributed by atoms with Crippen LogP contribution in [-0.2, 0) is 26.5 Å². The number of nitrogens with zero attached hydrogens (tertiary/aromatic N) is 4. The summed E-state index contributed by atoms with van der Waals surface area (Å²) in [4.78, 5) is 18.6. The maximum Gasteiger partial charge on any atom is 0.218 e. The van der Waals surface area contributed by atoms with Crippen molar-refractivity contribution >= 4 is 39.9 Å². The molecule has 5 nitrogen and oxygen atoms in total. The van der Waals surface area contributed by atoms with Gasteiger partial charge in [-0.3, -0.25) is 0 Å². The van der Waals surface area contributed by atoms with Crippen LogP contribution in [0.25, 0.3) is 56.0 Å². The van der Waals surface area contributed by atoms with Crippen molar-refractivity contribution < 1.29 is 24.5 Å². The summed E-state index contributed by atoms with van der Waals surface area (Å²) < 4.78 is 7.51. The van der Waals surface area contributed by atoms with Gasteiger partial charge < -0.3 is 14.4 Å². The first-order chi connectivity index (χ1) is 25.6. The standard InChI is InChI=1S/C29H26N3O.C18H24GeN.Ir/c1-19(20-8-4-2-5-9-20)22-14-15-30-27(17-22)23-16-25-24-12-13-26(21-10-6-3-7-11-21)32-29(24)33-28(25)31-18-23;1-14(2)11-16-12-18(15-9-7-6-8-10-15)20-13-17(16)19(3,4)5;/h3,6-7,10-17,19-20H,2,4-5,8-9H2,1H3;6-9,12-14H,11H2,1-5H3;/q2*-1;. The van der Waals surface area contributed by atoms with E-state index in [0.29, 0.717) is 23.3 Å². The van der Waals surface area contributed by atoms with Gasteiger partial charge in [-0.1, -0.05) is 68.1 Å². The van der Waals surface area contributed by atoms with Gasteiger partial charge in [0.1, 0.15) is 5.71 Å². The Balaban J connectivity index is 0.000000205. The van der Waals surface area contributed by atoms with Crippen LogP contribution >= 0.6 is 0 Å². The van der Waals surface area contributed by atoms with Gasteiger partial charge in [-0.15, -0.1) is 11.6 Å². The van der Waals surface area contributed by atoms with Crippen LogP contribution in [0.4, 0.5) is 0 Å². The predicted molar refractivity (Wildman–Crippen MR) is 222 cm³/mol. The smallest absolute Gasteiger partial charge is 0.218 e. The van der Waals surface area contributed by atoms with Crippen molar-refractivity contribution in [2.45, 2.75) is 82.5 Å². The van der Waals surface area contributed by atoms with E-state index in [4.69, 9.17) is 14.4 Å². The van der Waals surface area contributed by atoms with Crippen molar-refractivity contribution in [1.82, 2.24) is 19.9 Å². The molecule has 54 heavy (non-hydrogen) atoms. The molecule has 279 valence electrons. The molecule has 1 aliphatic carbocycles. The van der Waals surface area contributed by atoms with Crippen LogP contribution in [0.3, 0.4) is 0 Å². The summed E-state index contributed by atoms with van der Waals surface area (Å²) in [6.07, 6.45) is 15.1. The largest absolute Gasteiger partial charge is 0.467 e. The van der Waals surface area contributed by atoms with E-state index >= 15 is 0 Å². The van der Waals surface area contributed by atoms with Crippen molar-refractivity contribution in [1.29, 1.82) is 0 Å². The van der Waals surface area contributed by atoms with E-state index < -0.39 is 13.3 Å². The topological polar surface area (TPSA) is 64.7 Å². The summed E-state index contributed by atoms with van der Waals surface area (Å²) in [6.45, 7) is 6.93. The zero-order valence-electron chi connectivity index (χ0n) is 32.3. The Morgan fingerprint density at radius 1 is 0.759 bits per heavy atom. The molecule has 5 aromatic heterocycles. The normalized spacial score (nSPS) is 14.1. The molecule has 0 saturated heterocycles. The van der Waals surface area contributed by atoms with Gasteiger partial charge in [0, 0.05) is 37.3 Å². The first kappa shape index (κ1) is 39.7. The number of fused-ring (bicyclic) bond motifs is 3. The number of rotatable bonds is 8. The first-order valence-electron chi connectivity index (χ1n) is 19.2. The Bertz CT molecular complexity index is 2290. The van der Waals surface area contributed by atoms with Gasteiger partial charge in [-0.25, -0.2) is 4.98 Å². The van der Waals surface area contributed by atoms with Crippen LogP contribution < -0.4 is 4.40 Å². The molecule has 1 aliphatic rings. The molecule has 1 unspecified atom stereocenters. The monoisotopic (exact) mass is 953 g/mol. The fraction of sp³-hybridized carbons (Fsp3) is 0.319. The molecule has 0 aliphatic heterocycles. The van der Waals surface area contributed by atoms with Gasteiger partial charge in [0.2, 0.25) is 5.71 Å². The number of pyridine rings is 4. The molecular formula is C47H50GeIrN4O-2. The predicted octanol–water partition coefficient (Wildman–Crippen LogP) is 11.9. The van der Waals surface area contributed by atoms with E-state index in [1.807, 2.05) is 60.8 Å².